The van der Waals surface area contributed by atoms with Crippen molar-refractivity contribution in [1.29, 1.82) is 0 Å². The SMILES string of the molecule is CNC(=O)c1ccc(N2CCN(c3ccnc(C)n3)CC2)nn1. The van der Waals surface area contributed by atoms with E-state index >= 15 is 0 Å². The molecule has 1 amide bonds. The summed E-state index contributed by atoms with van der Waals surface area (Å²) >= 11 is 0. The second kappa shape index (κ2) is 6.55. The molecule has 1 aliphatic heterocycles. The van der Waals surface area contributed by atoms with Crippen LogP contribution in [-0.4, -0.2) is 59.3 Å². The average Bonchev–Trinajstić information content (AvgIpc) is 2.61. The summed E-state index contributed by atoms with van der Waals surface area (Å²) in [6.07, 6.45) is 1.78. The summed E-state index contributed by atoms with van der Waals surface area (Å²) in [5, 5.41) is 10.7. The molecular formula is C15H19N7O. The summed E-state index contributed by atoms with van der Waals surface area (Å²) in [6.45, 7) is 5.27. The Bertz CT molecular complexity index is 680. The third kappa shape index (κ3) is 3.36. The largest absolute Gasteiger partial charge is 0.354 e. The molecule has 0 atom stereocenters. The van der Waals surface area contributed by atoms with Crippen LogP contribution in [0.1, 0.15) is 16.3 Å². The van der Waals surface area contributed by atoms with Gasteiger partial charge in [-0.1, -0.05) is 0 Å². The minimum atomic E-state index is -0.229. The van der Waals surface area contributed by atoms with Crippen molar-refractivity contribution in [2.24, 2.45) is 0 Å². The molecule has 1 saturated heterocycles. The van der Waals surface area contributed by atoms with E-state index in [9.17, 15) is 4.79 Å². The van der Waals surface area contributed by atoms with Crippen LogP contribution in [0.5, 0.6) is 0 Å². The summed E-state index contributed by atoms with van der Waals surface area (Å²) in [6, 6.07) is 5.46. The Morgan fingerprint density at radius 1 is 1.04 bits per heavy atom. The van der Waals surface area contributed by atoms with Crippen LogP contribution in [0, 0.1) is 6.92 Å². The number of nitrogens with zero attached hydrogens (tertiary/aromatic N) is 6. The monoisotopic (exact) mass is 313 g/mol. The van der Waals surface area contributed by atoms with Gasteiger partial charge in [-0.15, -0.1) is 10.2 Å². The fraction of sp³-hybridized carbons (Fsp3) is 0.400. The van der Waals surface area contributed by atoms with Crippen LogP contribution in [-0.2, 0) is 0 Å². The summed E-state index contributed by atoms with van der Waals surface area (Å²) < 4.78 is 0. The van der Waals surface area contributed by atoms with Crippen LogP contribution in [0.15, 0.2) is 24.4 Å². The molecule has 1 fully saturated rings. The molecule has 3 rings (SSSR count). The number of anilines is 2. The van der Waals surface area contributed by atoms with Crippen molar-refractivity contribution in [3.05, 3.63) is 35.9 Å². The zero-order valence-corrected chi connectivity index (χ0v) is 13.2. The van der Waals surface area contributed by atoms with Crippen molar-refractivity contribution in [2.75, 3.05) is 43.0 Å². The van der Waals surface area contributed by atoms with Gasteiger partial charge in [0.05, 0.1) is 0 Å². The molecule has 0 saturated carbocycles. The van der Waals surface area contributed by atoms with Gasteiger partial charge in [0, 0.05) is 39.4 Å². The Kier molecular flexibility index (Phi) is 4.31. The minimum absolute atomic E-state index is 0.229. The van der Waals surface area contributed by atoms with Crippen LogP contribution < -0.4 is 15.1 Å². The van der Waals surface area contributed by atoms with Gasteiger partial charge in [0.2, 0.25) is 0 Å². The second-order valence-corrected chi connectivity index (χ2v) is 5.29. The number of hydrogen-bond donors (Lipinski definition) is 1. The van der Waals surface area contributed by atoms with Crippen molar-refractivity contribution in [2.45, 2.75) is 6.92 Å². The van der Waals surface area contributed by atoms with E-state index in [1.165, 1.54) is 0 Å². The van der Waals surface area contributed by atoms with Crippen molar-refractivity contribution in [3.63, 3.8) is 0 Å². The highest BCUT2D eigenvalue weighted by Crippen LogP contribution is 2.17. The zero-order valence-electron chi connectivity index (χ0n) is 13.2. The maximum Gasteiger partial charge on any atom is 0.271 e. The normalized spacial score (nSPS) is 14.7. The molecule has 2 aromatic heterocycles. The highest BCUT2D eigenvalue weighted by molar-refractivity contribution is 5.91. The van der Waals surface area contributed by atoms with E-state index in [1.54, 1.807) is 19.3 Å². The first-order valence-electron chi connectivity index (χ1n) is 7.53. The molecule has 3 heterocycles. The molecule has 0 aliphatic carbocycles. The van der Waals surface area contributed by atoms with Crippen LogP contribution >= 0.6 is 0 Å². The standard InChI is InChI=1S/C15H19N7O/c1-11-17-6-5-13(18-11)21-7-9-22(10-8-21)14-4-3-12(19-20-14)15(23)16-2/h3-6H,7-10H2,1-2H3,(H,16,23). The fourth-order valence-electron chi connectivity index (χ4n) is 2.53. The van der Waals surface area contributed by atoms with Gasteiger partial charge in [-0.25, -0.2) is 9.97 Å². The molecule has 0 bridgehead atoms. The van der Waals surface area contributed by atoms with Gasteiger partial charge in [-0.05, 0) is 25.1 Å². The molecule has 8 heteroatoms. The number of aromatic nitrogens is 4. The molecule has 0 unspecified atom stereocenters. The number of hydrogen-bond acceptors (Lipinski definition) is 7. The number of nitrogens with one attached hydrogen (secondary N) is 1. The molecule has 2 aromatic rings. The van der Waals surface area contributed by atoms with E-state index in [2.05, 4.69) is 35.3 Å². The zero-order chi connectivity index (χ0) is 16.2. The van der Waals surface area contributed by atoms with E-state index in [0.29, 0.717) is 5.69 Å². The van der Waals surface area contributed by atoms with E-state index in [1.807, 2.05) is 19.1 Å². The maximum absolute atomic E-state index is 11.5. The molecular weight excluding hydrogens is 294 g/mol. The van der Waals surface area contributed by atoms with Crippen molar-refractivity contribution in [3.8, 4) is 0 Å². The molecule has 23 heavy (non-hydrogen) atoms. The lowest BCUT2D eigenvalue weighted by Gasteiger charge is -2.35. The van der Waals surface area contributed by atoms with E-state index in [0.717, 1.165) is 43.6 Å². The van der Waals surface area contributed by atoms with Crippen molar-refractivity contribution in [1.82, 2.24) is 25.5 Å². The Hall–Kier alpha value is -2.77. The lowest BCUT2D eigenvalue weighted by Crippen LogP contribution is -2.47. The third-order valence-corrected chi connectivity index (χ3v) is 3.80. The van der Waals surface area contributed by atoms with Gasteiger partial charge in [0.1, 0.15) is 11.6 Å². The molecule has 120 valence electrons. The van der Waals surface area contributed by atoms with Crippen molar-refractivity contribution < 1.29 is 4.79 Å². The molecule has 1 aliphatic rings. The number of rotatable bonds is 3. The number of aryl methyl sites for hydroxylation is 1. The van der Waals surface area contributed by atoms with Crippen LogP contribution in [0.3, 0.4) is 0 Å². The Morgan fingerprint density at radius 2 is 1.74 bits per heavy atom. The number of amides is 1. The highest BCUT2D eigenvalue weighted by Gasteiger charge is 2.20. The van der Waals surface area contributed by atoms with Crippen LogP contribution in [0.4, 0.5) is 11.6 Å². The Morgan fingerprint density at radius 3 is 2.30 bits per heavy atom. The Labute approximate surface area is 134 Å². The summed E-state index contributed by atoms with van der Waals surface area (Å²) in [5.74, 6) is 2.29. The Balaban J connectivity index is 1.63. The average molecular weight is 313 g/mol. The summed E-state index contributed by atoms with van der Waals surface area (Å²) in [7, 11) is 1.58. The second-order valence-electron chi connectivity index (χ2n) is 5.29. The lowest BCUT2D eigenvalue weighted by atomic mass is 10.3. The van der Waals surface area contributed by atoms with Gasteiger partial charge in [-0.2, -0.15) is 0 Å². The fourth-order valence-corrected chi connectivity index (χ4v) is 2.53. The highest BCUT2D eigenvalue weighted by atomic mass is 16.1. The van der Waals surface area contributed by atoms with E-state index < -0.39 is 0 Å². The first-order valence-corrected chi connectivity index (χ1v) is 7.53. The first-order chi connectivity index (χ1) is 11.2. The quantitative estimate of drug-likeness (QED) is 0.869. The molecule has 0 spiro atoms. The molecule has 1 N–H and O–H groups in total. The maximum atomic E-state index is 11.5. The predicted molar refractivity (Wildman–Crippen MR) is 86.6 cm³/mol. The molecule has 0 radical (unpaired) electrons. The van der Waals surface area contributed by atoms with Crippen LogP contribution in [0.25, 0.3) is 0 Å². The molecule has 8 nitrogen and oxygen atoms in total. The van der Waals surface area contributed by atoms with E-state index in [-0.39, 0.29) is 5.91 Å². The molecule has 0 aromatic carbocycles. The topological polar surface area (TPSA) is 87.1 Å². The van der Waals surface area contributed by atoms with Gasteiger partial charge >= 0.3 is 0 Å². The van der Waals surface area contributed by atoms with E-state index in [4.69, 9.17) is 0 Å². The van der Waals surface area contributed by atoms with Gasteiger partial charge in [0.15, 0.2) is 11.5 Å². The smallest absolute Gasteiger partial charge is 0.271 e. The van der Waals surface area contributed by atoms with Gasteiger partial charge < -0.3 is 15.1 Å². The lowest BCUT2D eigenvalue weighted by molar-refractivity contribution is 0.0957. The van der Waals surface area contributed by atoms with Crippen molar-refractivity contribution >= 4 is 17.5 Å². The summed E-state index contributed by atoms with van der Waals surface area (Å²) in [4.78, 5) is 24.5. The van der Waals surface area contributed by atoms with Gasteiger partial charge in [-0.3, -0.25) is 4.79 Å². The third-order valence-electron chi connectivity index (χ3n) is 3.80. The number of piperazine rings is 1. The number of carbonyl (C=O) groups is 1. The minimum Gasteiger partial charge on any atom is -0.354 e. The number of carbonyl (C=O) groups excluding carboxylic acids is 1. The predicted octanol–water partition coefficient (Wildman–Crippen LogP) is 0.261. The summed E-state index contributed by atoms with van der Waals surface area (Å²) in [5.41, 5.74) is 0.325. The van der Waals surface area contributed by atoms with Crippen LogP contribution in [0.2, 0.25) is 0 Å². The first kappa shape index (κ1) is 15.1. The van der Waals surface area contributed by atoms with Gasteiger partial charge in [0.25, 0.3) is 5.91 Å².